The van der Waals surface area contributed by atoms with Crippen molar-refractivity contribution < 1.29 is 22.3 Å². The van der Waals surface area contributed by atoms with Crippen LogP contribution in [0.4, 0.5) is 17.6 Å². The summed E-state index contributed by atoms with van der Waals surface area (Å²) in [6, 6.07) is 2.99. The van der Waals surface area contributed by atoms with Gasteiger partial charge in [-0.1, -0.05) is 0 Å². The molecule has 7 nitrogen and oxygen atoms in total. The standard InChI is InChI=1S/C15H13BrF4N6O/c16-9-1-2-10(21-5-9)12(3-4-27-15(19)20)25-6-11(23-8-25)13-22-7-24-26(13)14(17)18/h1-2,5-8,12,14-15H,3-4H2. The molecule has 0 aromatic carbocycles. The van der Waals surface area contributed by atoms with E-state index in [2.05, 4.69) is 40.7 Å². The minimum absolute atomic E-state index is 0.102. The lowest BCUT2D eigenvalue weighted by atomic mass is 10.1. The predicted molar refractivity (Wildman–Crippen MR) is 89.1 cm³/mol. The molecule has 0 spiro atoms. The first-order chi connectivity index (χ1) is 13.0. The number of alkyl halides is 4. The molecule has 3 heterocycles. The summed E-state index contributed by atoms with van der Waals surface area (Å²) in [6.45, 7) is -5.97. The Labute approximate surface area is 159 Å². The summed E-state index contributed by atoms with van der Waals surface area (Å²) < 4.78 is 57.7. The van der Waals surface area contributed by atoms with Crippen molar-refractivity contribution in [2.24, 2.45) is 0 Å². The van der Waals surface area contributed by atoms with Crippen LogP contribution < -0.4 is 0 Å². The number of ether oxygens (including phenoxy) is 1. The minimum Gasteiger partial charge on any atom is -0.328 e. The van der Waals surface area contributed by atoms with Gasteiger partial charge in [0.15, 0.2) is 5.82 Å². The Morgan fingerprint density at radius 2 is 1.93 bits per heavy atom. The maximum Gasteiger partial charge on any atom is 0.345 e. The van der Waals surface area contributed by atoms with E-state index in [0.29, 0.717) is 10.4 Å². The molecule has 0 aliphatic heterocycles. The van der Waals surface area contributed by atoms with E-state index in [1.807, 2.05) is 0 Å². The van der Waals surface area contributed by atoms with Gasteiger partial charge in [-0.15, -0.1) is 0 Å². The lowest BCUT2D eigenvalue weighted by Crippen LogP contribution is -2.14. The molecule has 0 radical (unpaired) electrons. The van der Waals surface area contributed by atoms with Crippen molar-refractivity contribution in [3.63, 3.8) is 0 Å². The number of aromatic nitrogens is 6. The zero-order valence-corrected chi connectivity index (χ0v) is 15.2. The van der Waals surface area contributed by atoms with Crippen molar-refractivity contribution in [1.82, 2.24) is 29.3 Å². The molecule has 0 bridgehead atoms. The second kappa shape index (κ2) is 8.57. The Kier molecular flexibility index (Phi) is 6.16. The molecule has 0 amide bonds. The SMILES string of the molecule is FC(F)OCCC(c1ccc(Br)cn1)n1cnc(-c2ncnn2C(F)F)c1. The van der Waals surface area contributed by atoms with Crippen LogP contribution in [0.2, 0.25) is 0 Å². The quantitative estimate of drug-likeness (QED) is 0.488. The number of hydrogen-bond donors (Lipinski definition) is 0. The van der Waals surface area contributed by atoms with Crippen LogP contribution in [0.15, 0.2) is 41.7 Å². The maximum atomic E-state index is 13.0. The normalized spacial score (nSPS) is 12.9. The summed E-state index contributed by atoms with van der Waals surface area (Å²) >= 11 is 3.28. The average molecular weight is 449 g/mol. The average Bonchev–Trinajstić information content (AvgIpc) is 3.28. The third kappa shape index (κ3) is 4.69. The minimum atomic E-state index is -2.88. The molecular weight excluding hydrogens is 436 g/mol. The molecule has 144 valence electrons. The maximum absolute atomic E-state index is 13.0. The van der Waals surface area contributed by atoms with Crippen LogP contribution in [0.5, 0.6) is 0 Å². The fourth-order valence-corrected chi connectivity index (χ4v) is 2.74. The van der Waals surface area contributed by atoms with Crippen LogP contribution in [-0.2, 0) is 4.74 Å². The third-order valence-corrected chi connectivity index (χ3v) is 4.14. The monoisotopic (exact) mass is 448 g/mol. The van der Waals surface area contributed by atoms with Gasteiger partial charge in [-0.25, -0.2) is 9.97 Å². The Morgan fingerprint density at radius 3 is 2.59 bits per heavy atom. The molecule has 0 aliphatic carbocycles. The highest BCUT2D eigenvalue weighted by Crippen LogP contribution is 2.26. The van der Waals surface area contributed by atoms with Gasteiger partial charge in [-0.3, -0.25) is 4.98 Å². The molecular formula is C15H13BrF4N6O. The van der Waals surface area contributed by atoms with Gasteiger partial charge in [0.2, 0.25) is 0 Å². The summed E-state index contributed by atoms with van der Waals surface area (Å²) in [6.07, 6.45) is 5.64. The van der Waals surface area contributed by atoms with Crippen molar-refractivity contribution in [2.75, 3.05) is 6.61 Å². The van der Waals surface area contributed by atoms with E-state index >= 15 is 0 Å². The van der Waals surface area contributed by atoms with Gasteiger partial charge >= 0.3 is 13.2 Å². The lowest BCUT2D eigenvalue weighted by Gasteiger charge is -2.18. The Hall–Kier alpha value is -2.34. The first-order valence-corrected chi connectivity index (χ1v) is 8.47. The molecule has 1 atom stereocenters. The number of hydrogen-bond acceptors (Lipinski definition) is 5. The molecule has 3 aromatic rings. The largest absolute Gasteiger partial charge is 0.345 e. The molecule has 3 rings (SSSR count). The van der Waals surface area contributed by atoms with Gasteiger partial charge in [0.25, 0.3) is 0 Å². The second-order valence-corrected chi connectivity index (χ2v) is 6.26. The van der Waals surface area contributed by atoms with E-state index in [1.165, 1.54) is 12.5 Å². The van der Waals surface area contributed by atoms with Crippen LogP contribution in [0.25, 0.3) is 11.5 Å². The highest BCUT2D eigenvalue weighted by Gasteiger charge is 2.21. The Bertz CT molecular complexity index is 869. The molecule has 27 heavy (non-hydrogen) atoms. The zero-order valence-electron chi connectivity index (χ0n) is 13.6. The van der Waals surface area contributed by atoms with E-state index < -0.39 is 19.2 Å². The highest BCUT2D eigenvalue weighted by molar-refractivity contribution is 9.10. The van der Waals surface area contributed by atoms with Crippen molar-refractivity contribution in [3.8, 4) is 11.5 Å². The van der Waals surface area contributed by atoms with Gasteiger partial charge < -0.3 is 9.30 Å². The smallest absolute Gasteiger partial charge is 0.328 e. The molecule has 0 saturated heterocycles. The van der Waals surface area contributed by atoms with Gasteiger partial charge in [0.05, 0.1) is 24.7 Å². The molecule has 0 aliphatic rings. The Balaban J connectivity index is 1.89. The van der Waals surface area contributed by atoms with Crippen LogP contribution in [0.1, 0.15) is 24.7 Å². The van der Waals surface area contributed by atoms with Gasteiger partial charge in [0, 0.05) is 16.9 Å². The van der Waals surface area contributed by atoms with E-state index in [0.717, 1.165) is 10.8 Å². The molecule has 12 heteroatoms. The molecule has 1 unspecified atom stereocenters. The van der Waals surface area contributed by atoms with Crippen LogP contribution in [0.3, 0.4) is 0 Å². The van der Waals surface area contributed by atoms with Crippen LogP contribution >= 0.6 is 15.9 Å². The fourth-order valence-electron chi connectivity index (χ4n) is 2.50. The summed E-state index contributed by atoms with van der Waals surface area (Å²) in [7, 11) is 0. The number of rotatable bonds is 8. The molecule has 3 aromatic heterocycles. The predicted octanol–water partition coefficient (Wildman–Crippen LogP) is 3.91. The Morgan fingerprint density at radius 1 is 1.11 bits per heavy atom. The summed E-state index contributed by atoms with van der Waals surface area (Å²) in [4.78, 5) is 12.2. The van der Waals surface area contributed by atoms with Crippen molar-refractivity contribution in [3.05, 3.63) is 47.3 Å². The van der Waals surface area contributed by atoms with E-state index in [-0.39, 0.29) is 24.5 Å². The second-order valence-electron chi connectivity index (χ2n) is 5.35. The summed E-state index contributed by atoms with van der Waals surface area (Å²) in [5, 5.41) is 3.47. The molecule has 0 N–H and O–H groups in total. The van der Waals surface area contributed by atoms with Crippen LogP contribution in [0, 0.1) is 0 Å². The molecule has 0 fully saturated rings. The van der Waals surface area contributed by atoms with E-state index in [1.54, 1.807) is 22.9 Å². The van der Waals surface area contributed by atoms with Gasteiger partial charge in [0.1, 0.15) is 12.0 Å². The highest BCUT2D eigenvalue weighted by atomic mass is 79.9. The summed E-state index contributed by atoms with van der Waals surface area (Å²) in [5.41, 5.74) is 0.750. The molecule has 0 saturated carbocycles. The van der Waals surface area contributed by atoms with Crippen molar-refractivity contribution in [1.29, 1.82) is 0 Å². The lowest BCUT2D eigenvalue weighted by molar-refractivity contribution is -0.130. The first-order valence-electron chi connectivity index (χ1n) is 7.68. The van der Waals surface area contributed by atoms with E-state index in [9.17, 15) is 17.6 Å². The first kappa shape index (κ1) is 19.4. The van der Waals surface area contributed by atoms with Gasteiger partial charge in [-0.05, 0) is 34.5 Å². The van der Waals surface area contributed by atoms with Crippen molar-refractivity contribution >= 4 is 15.9 Å². The fraction of sp³-hybridized carbons (Fsp3) is 0.333. The summed E-state index contributed by atoms with van der Waals surface area (Å²) in [5.74, 6) is -0.102. The number of nitrogens with zero attached hydrogens (tertiary/aromatic N) is 6. The van der Waals surface area contributed by atoms with Crippen molar-refractivity contribution in [2.45, 2.75) is 25.6 Å². The third-order valence-electron chi connectivity index (χ3n) is 3.68. The zero-order chi connectivity index (χ0) is 19.4. The number of halogens is 5. The number of imidazole rings is 1. The topological polar surface area (TPSA) is 70.7 Å². The van der Waals surface area contributed by atoms with Crippen LogP contribution in [-0.4, -0.2) is 42.5 Å². The van der Waals surface area contributed by atoms with Gasteiger partial charge in [-0.2, -0.15) is 27.3 Å². The number of pyridine rings is 1. The van der Waals surface area contributed by atoms with E-state index in [4.69, 9.17) is 0 Å².